The highest BCUT2D eigenvalue weighted by Crippen LogP contribution is 2.23. The summed E-state index contributed by atoms with van der Waals surface area (Å²) in [6, 6.07) is 2.40. The average molecular weight is 293 g/mol. The van der Waals surface area contributed by atoms with Crippen LogP contribution in [0.3, 0.4) is 0 Å². The van der Waals surface area contributed by atoms with Gasteiger partial charge in [0.1, 0.15) is 5.01 Å². The summed E-state index contributed by atoms with van der Waals surface area (Å²) < 4.78 is 1.12. The zero-order chi connectivity index (χ0) is 14.9. The van der Waals surface area contributed by atoms with E-state index in [-0.39, 0.29) is 23.2 Å². The standard InChI is InChI=1S/C13H15N3O3S/c1-13(2,3)9-7-20-10(14-9)6-16-11(17)5-4-8(15-16)12(18)19/h4-5,7H,6H2,1-3H3,(H,18,19). The maximum atomic E-state index is 11.7. The lowest BCUT2D eigenvalue weighted by molar-refractivity contribution is 0.0687. The van der Waals surface area contributed by atoms with Gasteiger partial charge < -0.3 is 5.11 Å². The Kier molecular flexibility index (Phi) is 3.71. The molecule has 106 valence electrons. The van der Waals surface area contributed by atoms with Gasteiger partial charge in [-0.1, -0.05) is 20.8 Å². The van der Waals surface area contributed by atoms with Gasteiger partial charge >= 0.3 is 5.97 Å². The van der Waals surface area contributed by atoms with Crippen molar-refractivity contribution in [1.29, 1.82) is 0 Å². The SMILES string of the molecule is CC(C)(C)c1csc(Cn2nc(C(=O)O)ccc2=O)n1. The van der Waals surface area contributed by atoms with Crippen LogP contribution in [0.5, 0.6) is 0 Å². The van der Waals surface area contributed by atoms with Gasteiger partial charge in [-0.05, 0) is 6.07 Å². The number of thiazole rings is 1. The van der Waals surface area contributed by atoms with Crippen LogP contribution in [0.15, 0.2) is 22.3 Å². The van der Waals surface area contributed by atoms with Crippen LogP contribution in [-0.2, 0) is 12.0 Å². The molecule has 0 aromatic carbocycles. The molecular formula is C13H15N3O3S. The lowest BCUT2D eigenvalue weighted by Crippen LogP contribution is -2.25. The molecule has 2 aromatic heterocycles. The molecule has 6 nitrogen and oxygen atoms in total. The van der Waals surface area contributed by atoms with E-state index >= 15 is 0 Å². The highest BCUT2D eigenvalue weighted by molar-refractivity contribution is 7.09. The van der Waals surface area contributed by atoms with Gasteiger partial charge in [0.25, 0.3) is 5.56 Å². The first kappa shape index (κ1) is 14.4. The first-order valence-electron chi connectivity index (χ1n) is 6.04. The second-order valence-corrected chi connectivity index (χ2v) is 6.34. The molecule has 0 aliphatic rings. The zero-order valence-corrected chi connectivity index (χ0v) is 12.3. The predicted octanol–water partition coefficient (Wildman–Crippen LogP) is 1.74. The second kappa shape index (κ2) is 5.16. The summed E-state index contributed by atoms with van der Waals surface area (Å²) in [6.07, 6.45) is 0. The molecule has 7 heteroatoms. The van der Waals surface area contributed by atoms with Crippen LogP contribution in [0.1, 0.15) is 42.0 Å². The van der Waals surface area contributed by atoms with Crippen molar-refractivity contribution in [2.45, 2.75) is 32.7 Å². The van der Waals surface area contributed by atoms with Crippen molar-refractivity contribution in [3.8, 4) is 0 Å². The second-order valence-electron chi connectivity index (χ2n) is 5.40. The van der Waals surface area contributed by atoms with Gasteiger partial charge in [0.15, 0.2) is 5.69 Å². The molecular weight excluding hydrogens is 278 g/mol. The number of carboxylic acids is 1. The summed E-state index contributed by atoms with van der Waals surface area (Å²) in [7, 11) is 0. The summed E-state index contributed by atoms with van der Waals surface area (Å²) in [5, 5.41) is 15.4. The molecule has 0 saturated carbocycles. The van der Waals surface area contributed by atoms with E-state index in [4.69, 9.17) is 5.11 Å². The molecule has 2 aromatic rings. The summed E-state index contributed by atoms with van der Waals surface area (Å²) in [5.74, 6) is -1.16. The average Bonchev–Trinajstić information content (AvgIpc) is 2.80. The largest absolute Gasteiger partial charge is 0.476 e. The number of rotatable bonds is 3. The Morgan fingerprint density at radius 2 is 2.10 bits per heavy atom. The fraction of sp³-hybridized carbons (Fsp3) is 0.385. The minimum absolute atomic E-state index is 0.0595. The number of aromatic carboxylic acids is 1. The van der Waals surface area contributed by atoms with Gasteiger partial charge in [-0.2, -0.15) is 5.10 Å². The molecule has 0 fully saturated rings. The van der Waals surface area contributed by atoms with E-state index in [1.165, 1.54) is 23.5 Å². The van der Waals surface area contributed by atoms with Gasteiger partial charge in [0.2, 0.25) is 0 Å². The van der Waals surface area contributed by atoms with E-state index in [9.17, 15) is 9.59 Å². The number of nitrogens with zero attached hydrogens (tertiary/aromatic N) is 3. The Morgan fingerprint density at radius 3 is 2.65 bits per heavy atom. The van der Waals surface area contributed by atoms with Crippen LogP contribution in [0.25, 0.3) is 0 Å². The van der Waals surface area contributed by atoms with Crippen molar-refractivity contribution in [3.63, 3.8) is 0 Å². The fourth-order valence-corrected chi connectivity index (χ4v) is 2.53. The third kappa shape index (κ3) is 3.11. The highest BCUT2D eigenvalue weighted by Gasteiger charge is 2.18. The Morgan fingerprint density at radius 1 is 1.40 bits per heavy atom. The van der Waals surface area contributed by atoms with Crippen LogP contribution in [0.2, 0.25) is 0 Å². The maximum Gasteiger partial charge on any atom is 0.356 e. The van der Waals surface area contributed by atoms with Crippen molar-refractivity contribution in [2.75, 3.05) is 0 Å². The normalized spacial score (nSPS) is 11.6. The topological polar surface area (TPSA) is 85.1 Å². The lowest BCUT2D eigenvalue weighted by Gasteiger charge is -2.14. The molecule has 0 amide bonds. The predicted molar refractivity (Wildman–Crippen MR) is 75.4 cm³/mol. The van der Waals surface area contributed by atoms with Crippen molar-refractivity contribution >= 4 is 17.3 Å². The quantitative estimate of drug-likeness (QED) is 0.931. The summed E-state index contributed by atoms with van der Waals surface area (Å²) in [6.45, 7) is 6.35. The molecule has 0 bridgehead atoms. The van der Waals surface area contributed by atoms with Gasteiger partial charge in [-0.3, -0.25) is 4.79 Å². The van der Waals surface area contributed by atoms with Crippen molar-refractivity contribution in [2.24, 2.45) is 0 Å². The van der Waals surface area contributed by atoms with E-state index in [2.05, 4.69) is 30.9 Å². The molecule has 2 heterocycles. The first-order valence-corrected chi connectivity index (χ1v) is 6.91. The van der Waals surface area contributed by atoms with Crippen LogP contribution in [0.4, 0.5) is 0 Å². The monoisotopic (exact) mass is 293 g/mol. The zero-order valence-electron chi connectivity index (χ0n) is 11.5. The number of aromatic nitrogens is 3. The maximum absolute atomic E-state index is 11.7. The highest BCUT2D eigenvalue weighted by atomic mass is 32.1. The molecule has 0 unspecified atom stereocenters. The Hall–Kier alpha value is -2.02. The Bertz CT molecular complexity index is 697. The third-order valence-corrected chi connectivity index (χ3v) is 3.52. The van der Waals surface area contributed by atoms with Gasteiger partial charge in [0.05, 0.1) is 12.2 Å². The van der Waals surface area contributed by atoms with E-state index in [0.717, 1.165) is 15.4 Å². The van der Waals surface area contributed by atoms with E-state index in [1.807, 2.05) is 5.38 Å². The van der Waals surface area contributed by atoms with Gasteiger partial charge in [0, 0.05) is 16.9 Å². The minimum Gasteiger partial charge on any atom is -0.476 e. The van der Waals surface area contributed by atoms with E-state index in [0.29, 0.717) is 0 Å². The van der Waals surface area contributed by atoms with E-state index in [1.54, 1.807) is 0 Å². The Balaban J connectivity index is 2.30. The lowest BCUT2D eigenvalue weighted by atomic mass is 9.93. The molecule has 0 saturated heterocycles. The summed E-state index contributed by atoms with van der Waals surface area (Å²) in [5.41, 5.74) is 0.385. The molecule has 0 atom stereocenters. The number of carboxylic acid groups (broad SMARTS) is 1. The molecule has 0 spiro atoms. The van der Waals surface area contributed by atoms with Crippen molar-refractivity contribution in [3.05, 3.63) is 44.3 Å². The number of hydrogen-bond donors (Lipinski definition) is 1. The number of carbonyl (C=O) groups is 1. The molecule has 0 aliphatic heterocycles. The van der Waals surface area contributed by atoms with Crippen molar-refractivity contribution in [1.82, 2.24) is 14.8 Å². The molecule has 20 heavy (non-hydrogen) atoms. The minimum atomic E-state index is -1.16. The summed E-state index contributed by atoms with van der Waals surface area (Å²) >= 11 is 1.44. The van der Waals surface area contributed by atoms with Crippen LogP contribution >= 0.6 is 11.3 Å². The van der Waals surface area contributed by atoms with E-state index < -0.39 is 5.97 Å². The molecule has 0 aliphatic carbocycles. The molecule has 1 N–H and O–H groups in total. The fourth-order valence-electron chi connectivity index (χ4n) is 1.53. The van der Waals surface area contributed by atoms with Gasteiger partial charge in [-0.15, -0.1) is 11.3 Å². The third-order valence-electron chi connectivity index (χ3n) is 2.69. The van der Waals surface area contributed by atoms with Gasteiger partial charge in [-0.25, -0.2) is 14.5 Å². The van der Waals surface area contributed by atoms with Crippen molar-refractivity contribution < 1.29 is 9.90 Å². The molecule has 0 radical (unpaired) electrons. The smallest absolute Gasteiger partial charge is 0.356 e. The number of hydrogen-bond acceptors (Lipinski definition) is 5. The first-order chi connectivity index (χ1) is 9.27. The Labute approximate surface area is 119 Å². The van der Waals surface area contributed by atoms with Crippen LogP contribution in [0, 0.1) is 0 Å². The molecule has 2 rings (SSSR count). The van der Waals surface area contributed by atoms with Crippen LogP contribution < -0.4 is 5.56 Å². The van der Waals surface area contributed by atoms with Crippen LogP contribution in [-0.4, -0.2) is 25.8 Å². The summed E-state index contributed by atoms with van der Waals surface area (Å²) in [4.78, 5) is 27.0.